The Morgan fingerprint density at radius 1 is 0.786 bits per heavy atom. The Morgan fingerprint density at radius 3 is 1.93 bits per heavy atom. The van der Waals surface area contributed by atoms with E-state index in [1.54, 1.807) is 0 Å². The van der Waals surface area contributed by atoms with Crippen LogP contribution in [0.15, 0.2) is 48.5 Å². The zero-order valence-electron chi connectivity index (χ0n) is 16.2. The van der Waals surface area contributed by atoms with Gasteiger partial charge in [-0.25, -0.2) is 0 Å². The Bertz CT molecular complexity index is 721. The normalized spacial score (nSPS) is 19.5. The van der Waals surface area contributed by atoms with Gasteiger partial charge in [0.05, 0.1) is 13.2 Å². The third-order valence-electron chi connectivity index (χ3n) is 5.45. The Balaban J connectivity index is 1.21. The number of halogens is 1. The van der Waals surface area contributed by atoms with Crippen molar-refractivity contribution in [3.05, 3.63) is 59.1 Å². The van der Waals surface area contributed by atoms with E-state index in [1.165, 1.54) is 5.56 Å². The van der Waals surface area contributed by atoms with Gasteiger partial charge in [0.25, 0.3) is 0 Å². The second kappa shape index (κ2) is 9.64. The van der Waals surface area contributed by atoms with Crippen LogP contribution < -0.4 is 9.47 Å². The molecule has 0 amide bonds. The van der Waals surface area contributed by atoms with Crippen LogP contribution in [0.5, 0.6) is 11.5 Å². The fourth-order valence-corrected chi connectivity index (χ4v) is 3.93. The molecule has 0 unspecified atom stereocenters. The highest BCUT2D eigenvalue weighted by atomic mass is 35.5. The molecule has 5 heteroatoms. The van der Waals surface area contributed by atoms with Crippen LogP contribution in [0.25, 0.3) is 0 Å². The van der Waals surface area contributed by atoms with Crippen molar-refractivity contribution in [2.45, 2.75) is 44.4 Å². The number of hydrogen-bond donors (Lipinski definition) is 0. The van der Waals surface area contributed by atoms with Crippen LogP contribution in [0, 0.1) is 0 Å². The second-order valence-corrected chi connectivity index (χ2v) is 8.06. The van der Waals surface area contributed by atoms with Crippen LogP contribution in [-0.4, -0.2) is 43.4 Å². The van der Waals surface area contributed by atoms with E-state index in [-0.39, 0.29) is 6.10 Å². The van der Waals surface area contributed by atoms with Crippen molar-refractivity contribution in [1.29, 1.82) is 0 Å². The summed E-state index contributed by atoms with van der Waals surface area (Å²) >= 11 is 5.93. The Hall–Kier alpha value is -1.75. The highest BCUT2D eigenvalue weighted by Crippen LogP contribution is 2.23. The van der Waals surface area contributed by atoms with Crippen molar-refractivity contribution < 1.29 is 14.2 Å². The number of nitrogens with zero attached hydrogens (tertiary/aromatic N) is 1. The maximum Gasteiger partial charge on any atom is 0.119 e. The molecule has 2 aliphatic rings. The number of piperidine rings is 1. The van der Waals surface area contributed by atoms with Crippen molar-refractivity contribution in [2.75, 3.05) is 26.3 Å². The summed E-state index contributed by atoms with van der Waals surface area (Å²) in [4.78, 5) is 2.50. The smallest absolute Gasteiger partial charge is 0.119 e. The Labute approximate surface area is 172 Å². The molecular weight excluding hydrogens is 374 g/mol. The fourth-order valence-electron chi connectivity index (χ4n) is 3.81. The van der Waals surface area contributed by atoms with Crippen LogP contribution >= 0.6 is 11.6 Å². The van der Waals surface area contributed by atoms with Gasteiger partial charge in [-0.3, -0.25) is 4.90 Å². The predicted molar refractivity (Wildman–Crippen MR) is 111 cm³/mol. The molecule has 0 spiro atoms. The van der Waals surface area contributed by atoms with Crippen LogP contribution in [0.1, 0.15) is 31.2 Å². The fraction of sp³-hybridized carbons (Fsp3) is 0.478. The molecule has 2 fully saturated rings. The van der Waals surface area contributed by atoms with Crippen molar-refractivity contribution in [2.24, 2.45) is 0 Å². The number of benzene rings is 2. The Morgan fingerprint density at radius 2 is 1.32 bits per heavy atom. The minimum Gasteiger partial charge on any atom is -0.490 e. The summed E-state index contributed by atoms with van der Waals surface area (Å²) in [5, 5.41) is 0.742. The summed E-state index contributed by atoms with van der Waals surface area (Å²) in [5.41, 5.74) is 1.33. The van der Waals surface area contributed by atoms with Gasteiger partial charge in [0.15, 0.2) is 0 Å². The molecule has 4 nitrogen and oxygen atoms in total. The largest absolute Gasteiger partial charge is 0.490 e. The van der Waals surface area contributed by atoms with Gasteiger partial charge in [0.2, 0.25) is 0 Å². The topological polar surface area (TPSA) is 30.9 Å². The van der Waals surface area contributed by atoms with Crippen LogP contribution in [0.3, 0.4) is 0 Å². The molecule has 4 rings (SSSR count). The van der Waals surface area contributed by atoms with E-state index in [4.69, 9.17) is 25.8 Å². The van der Waals surface area contributed by atoms with Gasteiger partial charge < -0.3 is 14.2 Å². The monoisotopic (exact) mass is 401 g/mol. The molecular formula is C23H28ClNO3. The molecule has 0 atom stereocenters. The zero-order valence-corrected chi connectivity index (χ0v) is 16.9. The van der Waals surface area contributed by atoms with Crippen molar-refractivity contribution in [3.63, 3.8) is 0 Å². The van der Waals surface area contributed by atoms with Crippen LogP contribution in [-0.2, 0) is 11.3 Å². The average Bonchev–Trinajstić information content (AvgIpc) is 2.73. The van der Waals surface area contributed by atoms with Crippen LogP contribution in [0.2, 0.25) is 5.02 Å². The Kier molecular flexibility index (Phi) is 6.73. The number of ether oxygens (including phenoxy) is 3. The van der Waals surface area contributed by atoms with E-state index in [2.05, 4.69) is 29.2 Å². The lowest BCUT2D eigenvalue weighted by molar-refractivity contribution is 0.0255. The minimum absolute atomic E-state index is 0.285. The van der Waals surface area contributed by atoms with Crippen molar-refractivity contribution in [1.82, 2.24) is 4.90 Å². The first kappa shape index (κ1) is 19.6. The average molecular weight is 402 g/mol. The lowest BCUT2D eigenvalue weighted by atomic mass is 10.1. The molecule has 0 aromatic heterocycles. The molecule has 0 N–H and O–H groups in total. The zero-order chi connectivity index (χ0) is 19.2. The highest BCUT2D eigenvalue weighted by Gasteiger charge is 2.21. The summed E-state index contributed by atoms with van der Waals surface area (Å²) < 4.78 is 17.5. The van der Waals surface area contributed by atoms with E-state index in [0.29, 0.717) is 6.10 Å². The summed E-state index contributed by atoms with van der Waals surface area (Å²) in [6, 6.07) is 16.2. The van der Waals surface area contributed by atoms with Crippen LogP contribution in [0.4, 0.5) is 0 Å². The summed E-state index contributed by atoms with van der Waals surface area (Å²) in [5.74, 6) is 1.87. The van der Waals surface area contributed by atoms with E-state index in [1.807, 2.05) is 24.3 Å². The number of hydrogen-bond acceptors (Lipinski definition) is 4. The van der Waals surface area contributed by atoms with Gasteiger partial charge in [-0.1, -0.05) is 23.7 Å². The van der Waals surface area contributed by atoms with E-state index in [9.17, 15) is 0 Å². The van der Waals surface area contributed by atoms with Gasteiger partial charge in [-0.05, 0) is 54.8 Å². The van der Waals surface area contributed by atoms with Crippen molar-refractivity contribution in [3.8, 4) is 11.5 Å². The van der Waals surface area contributed by atoms with Gasteiger partial charge >= 0.3 is 0 Å². The molecule has 0 radical (unpaired) electrons. The van der Waals surface area contributed by atoms with Gasteiger partial charge in [0, 0.05) is 37.5 Å². The lowest BCUT2D eigenvalue weighted by Crippen LogP contribution is -2.37. The summed E-state index contributed by atoms with van der Waals surface area (Å²) in [7, 11) is 0. The highest BCUT2D eigenvalue weighted by molar-refractivity contribution is 6.30. The van der Waals surface area contributed by atoms with Crippen molar-refractivity contribution >= 4 is 11.6 Å². The SMILES string of the molecule is Clc1ccc(OC2CCN(Cc3ccc(OC4CCOCC4)cc3)CC2)cc1. The molecule has 0 bridgehead atoms. The number of likely N-dealkylation sites (tertiary alicyclic amines) is 1. The first-order chi connectivity index (χ1) is 13.7. The molecule has 2 saturated heterocycles. The standard InChI is InChI=1S/C23H28ClNO3/c24-19-3-7-21(8-4-19)27-22-9-13-25(14-10-22)17-18-1-5-20(6-2-18)28-23-11-15-26-16-12-23/h1-8,22-23H,9-17H2. The third-order valence-corrected chi connectivity index (χ3v) is 5.70. The van der Waals surface area contributed by atoms with E-state index in [0.717, 1.165) is 75.1 Å². The molecule has 0 aliphatic carbocycles. The lowest BCUT2D eigenvalue weighted by Gasteiger charge is -2.32. The van der Waals surface area contributed by atoms with Gasteiger partial charge in [0.1, 0.15) is 23.7 Å². The predicted octanol–water partition coefficient (Wildman–Crippen LogP) is 4.94. The molecule has 2 aromatic rings. The quantitative estimate of drug-likeness (QED) is 0.685. The maximum absolute atomic E-state index is 6.09. The van der Waals surface area contributed by atoms with E-state index >= 15 is 0 Å². The molecule has 150 valence electrons. The first-order valence-electron chi connectivity index (χ1n) is 10.2. The molecule has 2 heterocycles. The summed E-state index contributed by atoms with van der Waals surface area (Å²) in [6.45, 7) is 4.70. The second-order valence-electron chi connectivity index (χ2n) is 7.62. The third kappa shape index (κ3) is 5.63. The van der Waals surface area contributed by atoms with Gasteiger partial charge in [-0.15, -0.1) is 0 Å². The van der Waals surface area contributed by atoms with Gasteiger partial charge in [-0.2, -0.15) is 0 Å². The number of rotatable bonds is 6. The molecule has 2 aromatic carbocycles. The first-order valence-corrected chi connectivity index (χ1v) is 10.6. The maximum atomic E-state index is 6.09. The molecule has 0 saturated carbocycles. The summed E-state index contributed by atoms with van der Waals surface area (Å²) in [6.07, 6.45) is 4.64. The molecule has 2 aliphatic heterocycles. The minimum atomic E-state index is 0.285. The van der Waals surface area contributed by atoms with E-state index < -0.39 is 0 Å². The molecule has 28 heavy (non-hydrogen) atoms.